The maximum atomic E-state index is 12.8. The van der Waals surface area contributed by atoms with Crippen molar-refractivity contribution in [2.45, 2.75) is 267 Å². The molecule has 4 fully saturated rings. The van der Waals surface area contributed by atoms with Crippen LogP contribution in [-0.4, -0.2) is 186 Å². The second kappa shape index (κ2) is 27.7. The molecule has 0 bridgehead atoms. The molecule has 0 aromatic rings. The van der Waals surface area contributed by atoms with Crippen molar-refractivity contribution < 1.29 is 93.8 Å². The first-order valence-corrected chi connectivity index (χ1v) is 24.3. The van der Waals surface area contributed by atoms with E-state index >= 15 is 0 Å². The third kappa shape index (κ3) is 15.0. The minimum absolute atomic E-state index is 0.0197. The molecule has 0 saturated carbocycles. The number of rotatable bonds is 25. The SMILES string of the molecule is CCCCCC(C=CCCCCCCCC(=O)O[C@@H]1C(CC)O[C@@H](OC2C(O)OC(CC)[C@@H](O)[C@@H]2O)C(O)[C@H]1O)C(C)O[C@@H]1OC(CC)[C@@H](O)[C@H](O)C1O[C@@H]1OC(CC)[C@@H](O)[C@H](O)C1O. The van der Waals surface area contributed by atoms with E-state index in [0.29, 0.717) is 25.7 Å². The molecule has 4 heterocycles. The summed E-state index contributed by atoms with van der Waals surface area (Å²) in [7, 11) is 0. The fourth-order valence-corrected chi connectivity index (χ4v) is 9.04. The summed E-state index contributed by atoms with van der Waals surface area (Å²) in [6.07, 6.45) is -12.2. The largest absolute Gasteiger partial charge is 0.457 e. The number of aliphatic hydroxyl groups excluding tert-OH is 10. The molecular weight excluding hydrogens is 856 g/mol. The van der Waals surface area contributed by atoms with Crippen LogP contribution in [-0.2, 0) is 42.7 Å². The number of aliphatic hydroxyl groups is 10. The maximum absolute atomic E-state index is 12.8. The van der Waals surface area contributed by atoms with Gasteiger partial charge in [0.05, 0.1) is 24.4 Å². The van der Waals surface area contributed by atoms with Gasteiger partial charge in [0, 0.05) is 12.3 Å². The van der Waals surface area contributed by atoms with Crippen molar-refractivity contribution in [3.05, 3.63) is 12.2 Å². The normalized spacial score (nSPS) is 41.4. The van der Waals surface area contributed by atoms with Crippen molar-refractivity contribution in [3.8, 4) is 0 Å². The maximum Gasteiger partial charge on any atom is 0.306 e. The first-order valence-electron chi connectivity index (χ1n) is 24.3. The molecule has 0 spiro atoms. The quantitative estimate of drug-likeness (QED) is 0.0351. The van der Waals surface area contributed by atoms with Crippen molar-refractivity contribution in [2.24, 2.45) is 5.92 Å². The zero-order chi connectivity index (χ0) is 48.0. The summed E-state index contributed by atoms with van der Waals surface area (Å²) < 4.78 is 46.8. The van der Waals surface area contributed by atoms with Gasteiger partial charge in [-0.05, 0) is 58.3 Å². The second-order valence-electron chi connectivity index (χ2n) is 18.1. The summed E-state index contributed by atoms with van der Waals surface area (Å²) in [4.78, 5) is 12.8. The van der Waals surface area contributed by atoms with Crippen LogP contribution >= 0.6 is 0 Å². The van der Waals surface area contributed by atoms with Gasteiger partial charge in [-0.1, -0.05) is 85.3 Å². The van der Waals surface area contributed by atoms with E-state index in [4.69, 9.17) is 37.9 Å². The lowest BCUT2D eigenvalue weighted by Gasteiger charge is -2.47. The fourth-order valence-electron chi connectivity index (χ4n) is 9.04. The molecule has 10 N–H and O–H groups in total. The molecule has 4 aliphatic heterocycles. The number of carbonyl (C=O) groups is 1. The van der Waals surface area contributed by atoms with E-state index in [0.717, 1.165) is 57.8 Å². The van der Waals surface area contributed by atoms with Crippen LogP contribution < -0.4 is 0 Å². The molecule has 0 amide bonds. The average Bonchev–Trinajstić information content (AvgIpc) is 3.29. The fraction of sp³-hybridized carbons (Fsp3) is 0.935. The number of carbonyl (C=O) groups excluding carboxylic acids is 1. The van der Waals surface area contributed by atoms with Crippen LogP contribution in [0.25, 0.3) is 0 Å². The lowest BCUT2D eigenvalue weighted by molar-refractivity contribution is -0.369. The Morgan fingerprint density at radius 1 is 0.523 bits per heavy atom. The first kappa shape index (κ1) is 56.1. The number of esters is 1. The Kier molecular flexibility index (Phi) is 23.9. The third-order valence-corrected chi connectivity index (χ3v) is 13.3. The Morgan fingerprint density at radius 2 is 1.02 bits per heavy atom. The second-order valence-corrected chi connectivity index (χ2v) is 18.1. The van der Waals surface area contributed by atoms with E-state index in [1.54, 1.807) is 20.8 Å². The van der Waals surface area contributed by atoms with E-state index in [1.165, 1.54) is 0 Å². The Labute approximate surface area is 383 Å². The molecule has 0 aromatic heterocycles. The monoisotopic (exact) mass is 939 g/mol. The van der Waals surface area contributed by atoms with E-state index in [-0.39, 0.29) is 18.8 Å². The average molecular weight is 939 g/mol. The predicted octanol–water partition coefficient (Wildman–Crippen LogP) is 1.34. The van der Waals surface area contributed by atoms with Crippen molar-refractivity contribution >= 4 is 5.97 Å². The van der Waals surface area contributed by atoms with E-state index in [1.807, 2.05) is 13.8 Å². The van der Waals surface area contributed by atoms with E-state index in [9.17, 15) is 55.9 Å². The van der Waals surface area contributed by atoms with Gasteiger partial charge in [-0.15, -0.1) is 0 Å². The molecule has 0 aliphatic carbocycles. The molecule has 4 saturated heterocycles. The molecule has 0 aromatic carbocycles. The van der Waals surface area contributed by atoms with Gasteiger partial charge in [-0.2, -0.15) is 0 Å². The van der Waals surface area contributed by atoms with Crippen LogP contribution in [0.15, 0.2) is 12.2 Å². The zero-order valence-electron chi connectivity index (χ0n) is 39.1. The molecule has 22 atom stereocenters. The number of ether oxygens (including phenoxy) is 8. The molecule has 11 unspecified atom stereocenters. The minimum Gasteiger partial charge on any atom is -0.457 e. The van der Waals surface area contributed by atoms with Gasteiger partial charge in [-0.25, -0.2) is 0 Å². The van der Waals surface area contributed by atoms with Gasteiger partial charge in [0.25, 0.3) is 0 Å². The highest BCUT2D eigenvalue weighted by atomic mass is 16.8. The van der Waals surface area contributed by atoms with Crippen molar-refractivity contribution in [1.82, 2.24) is 0 Å². The van der Waals surface area contributed by atoms with Crippen LogP contribution in [0.3, 0.4) is 0 Å². The van der Waals surface area contributed by atoms with Crippen LogP contribution in [0.2, 0.25) is 0 Å². The summed E-state index contributed by atoms with van der Waals surface area (Å²) in [5.41, 5.74) is 0. The van der Waals surface area contributed by atoms with Crippen molar-refractivity contribution in [3.63, 3.8) is 0 Å². The summed E-state index contributed by atoms with van der Waals surface area (Å²) in [6, 6.07) is 0. The molecule has 4 aliphatic rings. The Morgan fingerprint density at radius 3 is 1.63 bits per heavy atom. The minimum atomic E-state index is -1.69. The smallest absolute Gasteiger partial charge is 0.306 e. The summed E-state index contributed by atoms with van der Waals surface area (Å²) in [5.74, 6) is -0.568. The predicted molar refractivity (Wildman–Crippen MR) is 231 cm³/mol. The van der Waals surface area contributed by atoms with Gasteiger partial charge in [0.1, 0.15) is 73.2 Å². The molecule has 4 rings (SSSR count). The van der Waals surface area contributed by atoms with E-state index in [2.05, 4.69) is 19.1 Å². The number of unbranched alkanes of at least 4 members (excludes halogenated alkanes) is 7. The molecule has 19 nitrogen and oxygen atoms in total. The zero-order valence-corrected chi connectivity index (χ0v) is 39.1. The highest BCUT2D eigenvalue weighted by Crippen LogP contribution is 2.34. The molecule has 380 valence electrons. The van der Waals surface area contributed by atoms with Gasteiger partial charge in [0.2, 0.25) is 0 Å². The van der Waals surface area contributed by atoms with Crippen LogP contribution in [0.5, 0.6) is 0 Å². The van der Waals surface area contributed by atoms with Gasteiger partial charge in [-0.3, -0.25) is 4.79 Å². The highest BCUT2D eigenvalue weighted by molar-refractivity contribution is 5.69. The lowest BCUT2D eigenvalue weighted by atomic mass is 9.94. The van der Waals surface area contributed by atoms with Gasteiger partial charge >= 0.3 is 5.97 Å². The number of hydrogen-bond donors (Lipinski definition) is 10. The van der Waals surface area contributed by atoms with Gasteiger partial charge < -0.3 is 89.0 Å². The number of hydrogen-bond acceptors (Lipinski definition) is 19. The van der Waals surface area contributed by atoms with Crippen LogP contribution in [0, 0.1) is 5.92 Å². The standard InChI is InChI=1S/C46H82O19/c1-7-12-18-21-25(24(6)58-46-42(36(53)33(50)28(10-4)61-46)65-44-38(55)34(51)31(48)27(9-3)60-44)22-19-16-14-13-15-17-20-23-30(47)63-40-29(11-5)62-45(39(56)37(40)54)64-41-35(52)32(49)26(8-2)59-43(41)57/h19,22,24-29,31-46,48-57H,7-18,20-21,23H2,1-6H3/t24?,25?,26?,27?,28?,29?,31-,32-,33-,34+,35+,36+,37-,38?,39?,40-,41?,42?,43?,44+,45+,46-/m1/s1. The molecule has 19 heteroatoms. The third-order valence-electron chi connectivity index (χ3n) is 13.3. The Hall–Kier alpha value is -1.47. The van der Waals surface area contributed by atoms with Crippen molar-refractivity contribution in [1.29, 1.82) is 0 Å². The first-order chi connectivity index (χ1) is 31.0. The summed E-state index contributed by atoms with van der Waals surface area (Å²) in [6.45, 7) is 11.1. The topological polar surface area (TPSA) is 293 Å². The lowest BCUT2D eigenvalue weighted by Crippen LogP contribution is -2.64. The Balaban J connectivity index is 1.22. The van der Waals surface area contributed by atoms with Crippen molar-refractivity contribution in [2.75, 3.05) is 0 Å². The Bertz CT molecular complexity index is 1370. The van der Waals surface area contributed by atoms with Gasteiger partial charge in [0.15, 0.2) is 31.3 Å². The summed E-state index contributed by atoms with van der Waals surface area (Å²) in [5, 5.41) is 107. The molecule has 65 heavy (non-hydrogen) atoms. The molecule has 0 radical (unpaired) electrons. The van der Waals surface area contributed by atoms with Crippen LogP contribution in [0.1, 0.15) is 138 Å². The number of allylic oxidation sites excluding steroid dienone is 1. The van der Waals surface area contributed by atoms with E-state index < -0.39 is 135 Å². The molecular formula is C46H82O19. The van der Waals surface area contributed by atoms with Crippen LogP contribution in [0.4, 0.5) is 0 Å². The summed E-state index contributed by atoms with van der Waals surface area (Å²) >= 11 is 0. The highest BCUT2D eigenvalue weighted by Gasteiger charge is 2.53.